The van der Waals surface area contributed by atoms with Crippen LogP contribution in [0.15, 0.2) is 18.2 Å². The van der Waals surface area contributed by atoms with Crippen molar-refractivity contribution in [2.75, 3.05) is 19.5 Å². The molecule has 0 bridgehead atoms. The van der Waals surface area contributed by atoms with Gasteiger partial charge in [0.15, 0.2) is 0 Å². The Kier molecular flexibility index (Phi) is 6.47. The highest BCUT2D eigenvalue weighted by atomic mass is 35.5. The van der Waals surface area contributed by atoms with Gasteiger partial charge < -0.3 is 4.74 Å². The number of hydrogen-bond acceptors (Lipinski definition) is 2. The van der Waals surface area contributed by atoms with Gasteiger partial charge in [-0.2, -0.15) is 0 Å². The van der Waals surface area contributed by atoms with E-state index in [0.717, 1.165) is 29.4 Å². The summed E-state index contributed by atoms with van der Waals surface area (Å²) in [6.45, 7) is 1.78. The van der Waals surface area contributed by atoms with Crippen LogP contribution in [0.4, 0.5) is 0 Å². The summed E-state index contributed by atoms with van der Waals surface area (Å²) >= 11 is 12.1. The van der Waals surface area contributed by atoms with Crippen molar-refractivity contribution in [3.05, 3.63) is 28.8 Å². The fourth-order valence-corrected chi connectivity index (χ4v) is 3.45. The first-order valence-corrected chi connectivity index (χ1v) is 8.28. The summed E-state index contributed by atoms with van der Waals surface area (Å²) in [4.78, 5) is 2.49. The summed E-state index contributed by atoms with van der Waals surface area (Å²) in [5, 5.41) is 0.760. The zero-order chi connectivity index (χ0) is 14.4. The molecule has 1 fully saturated rings. The molecular weight excluding hydrogens is 293 g/mol. The minimum absolute atomic E-state index is 0.645. The predicted octanol–water partition coefficient (Wildman–Crippen LogP) is 4.72. The monoisotopic (exact) mass is 315 g/mol. The molecule has 0 radical (unpaired) electrons. The number of halogens is 2. The van der Waals surface area contributed by atoms with Gasteiger partial charge in [0.05, 0.1) is 7.11 Å². The molecule has 112 valence electrons. The zero-order valence-electron chi connectivity index (χ0n) is 12.1. The van der Waals surface area contributed by atoms with Crippen LogP contribution >= 0.6 is 23.2 Å². The molecule has 0 atom stereocenters. The van der Waals surface area contributed by atoms with E-state index >= 15 is 0 Å². The van der Waals surface area contributed by atoms with Crippen LogP contribution in [-0.4, -0.2) is 30.5 Å². The van der Waals surface area contributed by atoms with Gasteiger partial charge in [0.2, 0.25) is 0 Å². The Morgan fingerprint density at radius 3 is 2.65 bits per heavy atom. The lowest BCUT2D eigenvalue weighted by Crippen LogP contribution is -2.37. The number of nitrogens with zero attached hydrogens (tertiary/aromatic N) is 1. The van der Waals surface area contributed by atoms with Crippen LogP contribution in [0.3, 0.4) is 0 Å². The second kappa shape index (κ2) is 8.11. The van der Waals surface area contributed by atoms with Gasteiger partial charge in [-0.1, -0.05) is 30.9 Å². The van der Waals surface area contributed by atoms with Crippen molar-refractivity contribution in [3.63, 3.8) is 0 Å². The SMILES string of the molecule is COc1ccc(Cl)cc1CN(CCCl)C1CCCCC1. The van der Waals surface area contributed by atoms with Gasteiger partial charge >= 0.3 is 0 Å². The van der Waals surface area contributed by atoms with Crippen molar-refractivity contribution in [2.45, 2.75) is 44.7 Å². The largest absolute Gasteiger partial charge is 0.496 e. The Morgan fingerprint density at radius 2 is 2.00 bits per heavy atom. The Balaban J connectivity index is 2.12. The molecule has 20 heavy (non-hydrogen) atoms. The second-order valence-electron chi connectivity index (χ2n) is 5.41. The molecule has 0 unspecified atom stereocenters. The second-order valence-corrected chi connectivity index (χ2v) is 6.22. The van der Waals surface area contributed by atoms with Gasteiger partial charge in [0.1, 0.15) is 5.75 Å². The van der Waals surface area contributed by atoms with Crippen molar-refractivity contribution < 1.29 is 4.74 Å². The topological polar surface area (TPSA) is 12.5 Å². The molecule has 1 aliphatic carbocycles. The molecule has 1 aliphatic rings. The number of hydrogen-bond donors (Lipinski definition) is 0. The summed E-state index contributed by atoms with van der Waals surface area (Å²) in [7, 11) is 1.71. The van der Waals surface area contributed by atoms with Crippen LogP contribution in [-0.2, 0) is 6.54 Å². The number of alkyl halides is 1. The molecule has 0 aromatic heterocycles. The van der Waals surface area contributed by atoms with Crippen molar-refractivity contribution in [3.8, 4) is 5.75 Å². The van der Waals surface area contributed by atoms with E-state index in [0.29, 0.717) is 11.9 Å². The van der Waals surface area contributed by atoms with E-state index < -0.39 is 0 Å². The molecule has 0 spiro atoms. The maximum absolute atomic E-state index is 6.12. The van der Waals surface area contributed by atoms with Crippen molar-refractivity contribution in [1.29, 1.82) is 0 Å². The zero-order valence-corrected chi connectivity index (χ0v) is 13.6. The van der Waals surface area contributed by atoms with Crippen LogP contribution in [0.1, 0.15) is 37.7 Å². The maximum Gasteiger partial charge on any atom is 0.123 e. The molecule has 2 nitrogen and oxygen atoms in total. The average molecular weight is 316 g/mol. The molecular formula is C16H23Cl2NO. The number of rotatable bonds is 6. The third-order valence-electron chi connectivity index (χ3n) is 4.08. The number of ether oxygens (including phenoxy) is 1. The molecule has 0 saturated heterocycles. The molecule has 1 aromatic carbocycles. The predicted molar refractivity (Wildman–Crippen MR) is 86.0 cm³/mol. The summed E-state index contributed by atoms with van der Waals surface area (Å²) in [5.74, 6) is 1.57. The lowest BCUT2D eigenvalue weighted by molar-refractivity contribution is 0.155. The molecule has 1 saturated carbocycles. The fraction of sp³-hybridized carbons (Fsp3) is 0.625. The Labute approximate surface area is 132 Å². The Bertz CT molecular complexity index is 419. The molecule has 2 rings (SSSR count). The van der Waals surface area contributed by atoms with Crippen molar-refractivity contribution >= 4 is 23.2 Å². The van der Waals surface area contributed by atoms with E-state index in [1.165, 1.54) is 32.1 Å². The average Bonchev–Trinajstić information content (AvgIpc) is 2.48. The van der Waals surface area contributed by atoms with E-state index in [1.54, 1.807) is 7.11 Å². The first-order chi connectivity index (χ1) is 9.74. The van der Waals surface area contributed by atoms with E-state index in [9.17, 15) is 0 Å². The first kappa shape index (κ1) is 15.9. The third-order valence-corrected chi connectivity index (χ3v) is 4.48. The van der Waals surface area contributed by atoms with Gasteiger partial charge in [-0.25, -0.2) is 0 Å². The van der Waals surface area contributed by atoms with E-state index in [4.69, 9.17) is 27.9 Å². The van der Waals surface area contributed by atoms with Gasteiger partial charge in [-0.3, -0.25) is 4.90 Å². The molecule has 1 aromatic rings. The molecule has 0 N–H and O–H groups in total. The highest BCUT2D eigenvalue weighted by Gasteiger charge is 2.21. The van der Waals surface area contributed by atoms with Crippen LogP contribution in [0.2, 0.25) is 5.02 Å². The lowest BCUT2D eigenvalue weighted by atomic mass is 9.94. The van der Waals surface area contributed by atoms with Gasteiger partial charge in [-0.05, 0) is 31.0 Å². The summed E-state index contributed by atoms with van der Waals surface area (Å²) < 4.78 is 5.45. The van der Waals surface area contributed by atoms with Crippen LogP contribution in [0.25, 0.3) is 0 Å². The van der Waals surface area contributed by atoms with Crippen molar-refractivity contribution in [1.82, 2.24) is 4.90 Å². The normalized spacial score (nSPS) is 16.6. The van der Waals surface area contributed by atoms with E-state index in [-0.39, 0.29) is 0 Å². The van der Waals surface area contributed by atoms with E-state index in [1.807, 2.05) is 18.2 Å². The third kappa shape index (κ3) is 4.28. The smallest absolute Gasteiger partial charge is 0.123 e. The van der Waals surface area contributed by atoms with Crippen LogP contribution in [0.5, 0.6) is 5.75 Å². The standard InChI is InChI=1S/C16H23Cl2NO/c1-20-16-8-7-14(18)11-13(16)12-19(10-9-17)15-5-3-2-4-6-15/h7-8,11,15H,2-6,9-10,12H2,1H3. The van der Waals surface area contributed by atoms with Crippen molar-refractivity contribution in [2.24, 2.45) is 0 Å². The Morgan fingerprint density at radius 1 is 1.25 bits per heavy atom. The van der Waals surface area contributed by atoms with Crippen LogP contribution in [0, 0.1) is 0 Å². The fourth-order valence-electron chi connectivity index (χ4n) is 3.03. The maximum atomic E-state index is 6.12. The summed E-state index contributed by atoms with van der Waals surface area (Å²) in [5.41, 5.74) is 1.15. The summed E-state index contributed by atoms with van der Waals surface area (Å²) in [6.07, 6.45) is 6.58. The minimum atomic E-state index is 0.645. The van der Waals surface area contributed by atoms with Gasteiger partial charge in [0, 0.05) is 35.6 Å². The number of benzene rings is 1. The highest BCUT2D eigenvalue weighted by Crippen LogP contribution is 2.28. The lowest BCUT2D eigenvalue weighted by Gasteiger charge is -2.34. The van der Waals surface area contributed by atoms with Gasteiger partial charge in [-0.15, -0.1) is 11.6 Å². The van der Waals surface area contributed by atoms with Crippen LogP contribution < -0.4 is 4.74 Å². The molecule has 0 amide bonds. The number of methoxy groups -OCH3 is 1. The molecule has 0 heterocycles. The summed E-state index contributed by atoms with van der Waals surface area (Å²) in [6, 6.07) is 6.46. The Hall–Kier alpha value is -0.440. The minimum Gasteiger partial charge on any atom is -0.496 e. The quantitative estimate of drug-likeness (QED) is 0.704. The molecule has 4 heteroatoms. The highest BCUT2D eigenvalue weighted by molar-refractivity contribution is 6.30. The first-order valence-electron chi connectivity index (χ1n) is 7.37. The van der Waals surface area contributed by atoms with E-state index in [2.05, 4.69) is 4.90 Å². The molecule has 0 aliphatic heterocycles. The van der Waals surface area contributed by atoms with Gasteiger partial charge in [0.25, 0.3) is 0 Å².